The van der Waals surface area contributed by atoms with Crippen LogP contribution < -0.4 is 5.73 Å². The summed E-state index contributed by atoms with van der Waals surface area (Å²) in [6, 6.07) is 0. The Labute approximate surface area is 76.0 Å². The van der Waals surface area contributed by atoms with Crippen LogP contribution in [0.25, 0.3) is 0 Å². The Hall–Kier alpha value is 0.0500. The van der Waals surface area contributed by atoms with E-state index in [0.717, 1.165) is 12.8 Å². The highest BCUT2D eigenvalue weighted by atomic mass is 35.5. The summed E-state index contributed by atoms with van der Waals surface area (Å²) in [5.74, 6) is -0.414. The molecule has 1 aliphatic carbocycles. The number of hydrogen-bond acceptors (Lipinski definition) is 1. The van der Waals surface area contributed by atoms with Crippen LogP contribution in [-0.4, -0.2) is 16.2 Å². The van der Waals surface area contributed by atoms with Crippen LogP contribution in [0, 0.1) is 0 Å². The van der Waals surface area contributed by atoms with Gasteiger partial charge in [0.2, 0.25) is 5.91 Å². The third kappa shape index (κ3) is 2.00. The number of rotatable bonds is 1. The maximum atomic E-state index is 10.8. The third-order valence-electron chi connectivity index (χ3n) is 2.15. The molecule has 64 valence electrons. The van der Waals surface area contributed by atoms with Crippen LogP contribution in [0.1, 0.15) is 25.7 Å². The van der Waals surface area contributed by atoms with E-state index in [4.69, 9.17) is 28.9 Å². The fraction of sp³-hybridized carbons (Fsp3) is 0.857. The second-order valence-corrected chi connectivity index (χ2v) is 4.34. The van der Waals surface area contributed by atoms with Crippen molar-refractivity contribution in [2.24, 2.45) is 5.73 Å². The molecule has 2 nitrogen and oxygen atoms in total. The number of carbonyl (C=O) groups excluding carboxylic acids is 1. The van der Waals surface area contributed by atoms with Gasteiger partial charge in [-0.3, -0.25) is 4.79 Å². The van der Waals surface area contributed by atoms with E-state index in [1.54, 1.807) is 0 Å². The monoisotopic (exact) mass is 195 g/mol. The number of carbonyl (C=O) groups is 1. The van der Waals surface area contributed by atoms with E-state index in [-0.39, 0.29) is 5.38 Å². The van der Waals surface area contributed by atoms with Crippen LogP contribution >= 0.6 is 23.2 Å². The predicted octanol–water partition coefficient (Wildman–Crippen LogP) is 1.63. The average Bonchev–Trinajstić information content (AvgIpc) is 1.95. The van der Waals surface area contributed by atoms with Crippen LogP contribution in [0.15, 0.2) is 0 Å². The van der Waals surface area contributed by atoms with Crippen molar-refractivity contribution in [3.8, 4) is 0 Å². The Bertz CT molecular complexity index is 164. The van der Waals surface area contributed by atoms with Crippen molar-refractivity contribution in [1.82, 2.24) is 0 Å². The van der Waals surface area contributed by atoms with Gasteiger partial charge in [0.1, 0.15) is 4.87 Å². The molecule has 0 unspecified atom stereocenters. The molecule has 0 aromatic carbocycles. The Balaban J connectivity index is 2.55. The summed E-state index contributed by atoms with van der Waals surface area (Å²) in [6.07, 6.45) is 2.79. The zero-order valence-corrected chi connectivity index (χ0v) is 7.66. The van der Waals surface area contributed by atoms with Gasteiger partial charge in [-0.05, 0) is 25.7 Å². The number of alkyl halides is 2. The van der Waals surface area contributed by atoms with Gasteiger partial charge in [0, 0.05) is 5.38 Å². The second-order valence-electron chi connectivity index (χ2n) is 3.00. The van der Waals surface area contributed by atoms with Gasteiger partial charge in [0.15, 0.2) is 0 Å². The summed E-state index contributed by atoms with van der Waals surface area (Å²) in [5.41, 5.74) is 5.13. The molecule has 0 aromatic rings. The van der Waals surface area contributed by atoms with Crippen LogP contribution in [0.5, 0.6) is 0 Å². The highest BCUT2D eigenvalue weighted by Crippen LogP contribution is 2.35. The number of nitrogens with two attached hydrogens (primary N) is 1. The van der Waals surface area contributed by atoms with E-state index >= 15 is 0 Å². The molecule has 0 bridgehead atoms. The SMILES string of the molecule is NC(=O)C1(Cl)CCC(Cl)CC1. The first-order valence-electron chi connectivity index (χ1n) is 3.67. The van der Waals surface area contributed by atoms with Crippen LogP contribution in [0.4, 0.5) is 0 Å². The predicted molar refractivity (Wildman–Crippen MR) is 45.9 cm³/mol. The molecular weight excluding hydrogens is 185 g/mol. The molecule has 0 atom stereocenters. The van der Waals surface area contributed by atoms with Gasteiger partial charge in [-0.1, -0.05) is 0 Å². The lowest BCUT2D eigenvalue weighted by molar-refractivity contribution is -0.121. The van der Waals surface area contributed by atoms with Crippen molar-refractivity contribution >= 4 is 29.1 Å². The molecule has 0 aromatic heterocycles. The van der Waals surface area contributed by atoms with Gasteiger partial charge in [0.25, 0.3) is 0 Å². The molecule has 0 radical (unpaired) electrons. The van der Waals surface area contributed by atoms with Crippen molar-refractivity contribution < 1.29 is 4.79 Å². The highest BCUT2D eigenvalue weighted by Gasteiger charge is 2.37. The maximum absolute atomic E-state index is 10.8. The van der Waals surface area contributed by atoms with Crippen molar-refractivity contribution in [3.05, 3.63) is 0 Å². The van der Waals surface area contributed by atoms with Gasteiger partial charge in [-0.25, -0.2) is 0 Å². The lowest BCUT2D eigenvalue weighted by atomic mass is 9.87. The molecule has 0 spiro atoms. The summed E-state index contributed by atoms with van der Waals surface area (Å²) >= 11 is 11.8. The maximum Gasteiger partial charge on any atom is 0.238 e. The van der Waals surface area contributed by atoms with Gasteiger partial charge in [-0.15, -0.1) is 23.2 Å². The Morgan fingerprint density at radius 2 is 1.91 bits per heavy atom. The Kier molecular flexibility index (Phi) is 2.66. The van der Waals surface area contributed by atoms with Crippen molar-refractivity contribution in [2.45, 2.75) is 35.9 Å². The smallest absolute Gasteiger partial charge is 0.238 e. The molecule has 1 rings (SSSR count). The Morgan fingerprint density at radius 1 is 1.45 bits per heavy atom. The minimum absolute atomic E-state index is 0.168. The first kappa shape index (κ1) is 9.14. The summed E-state index contributed by atoms with van der Waals surface area (Å²) in [6.45, 7) is 0. The van der Waals surface area contributed by atoms with Crippen LogP contribution in [-0.2, 0) is 4.79 Å². The van der Waals surface area contributed by atoms with Gasteiger partial charge < -0.3 is 5.73 Å². The van der Waals surface area contributed by atoms with E-state index in [1.807, 2.05) is 0 Å². The lowest BCUT2D eigenvalue weighted by Crippen LogP contribution is -2.41. The average molecular weight is 196 g/mol. The number of halogens is 2. The Morgan fingerprint density at radius 3 is 2.27 bits per heavy atom. The molecule has 1 aliphatic rings. The molecule has 1 saturated carbocycles. The van der Waals surface area contributed by atoms with Gasteiger partial charge >= 0.3 is 0 Å². The molecule has 2 N–H and O–H groups in total. The zero-order chi connectivity index (χ0) is 8.48. The van der Waals surface area contributed by atoms with Crippen molar-refractivity contribution in [2.75, 3.05) is 0 Å². The summed E-state index contributed by atoms with van der Waals surface area (Å²) in [4.78, 5) is 10.0. The molecule has 1 fully saturated rings. The minimum atomic E-state index is -0.814. The molecule has 0 heterocycles. The lowest BCUT2D eigenvalue weighted by Gasteiger charge is -2.29. The highest BCUT2D eigenvalue weighted by molar-refractivity contribution is 6.35. The van der Waals surface area contributed by atoms with Crippen molar-refractivity contribution in [3.63, 3.8) is 0 Å². The van der Waals surface area contributed by atoms with Crippen LogP contribution in [0.2, 0.25) is 0 Å². The second kappa shape index (κ2) is 3.20. The fourth-order valence-corrected chi connectivity index (χ4v) is 1.72. The van der Waals surface area contributed by atoms with E-state index in [0.29, 0.717) is 12.8 Å². The first-order chi connectivity index (χ1) is 5.04. The first-order valence-corrected chi connectivity index (χ1v) is 4.49. The normalized spacial score (nSPS) is 38.5. The molecule has 4 heteroatoms. The summed E-state index contributed by atoms with van der Waals surface area (Å²) < 4.78 is 0. The molecule has 11 heavy (non-hydrogen) atoms. The topological polar surface area (TPSA) is 43.1 Å². The van der Waals surface area contributed by atoms with E-state index in [2.05, 4.69) is 0 Å². The summed E-state index contributed by atoms with van der Waals surface area (Å²) in [5, 5.41) is 0.168. The number of hydrogen-bond donors (Lipinski definition) is 1. The number of amides is 1. The minimum Gasteiger partial charge on any atom is -0.368 e. The van der Waals surface area contributed by atoms with E-state index in [9.17, 15) is 4.79 Å². The van der Waals surface area contributed by atoms with Gasteiger partial charge in [0.05, 0.1) is 0 Å². The molecule has 0 saturated heterocycles. The van der Waals surface area contributed by atoms with E-state index in [1.165, 1.54) is 0 Å². The molecule has 0 aliphatic heterocycles. The third-order valence-corrected chi connectivity index (χ3v) is 3.15. The molecular formula is C7H11Cl2NO. The van der Waals surface area contributed by atoms with Crippen molar-refractivity contribution in [1.29, 1.82) is 0 Å². The standard InChI is InChI=1S/C7H11Cl2NO/c8-5-1-3-7(9,4-2-5)6(10)11/h5H,1-4H2,(H2,10,11). The quantitative estimate of drug-likeness (QED) is 0.636. The summed E-state index contributed by atoms with van der Waals surface area (Å²) in [7, 11) is 0. The largest absolute Gasteiger partial charge is 0.368 e. The van der Waals surface area contributed by atoms with Crippen LogP contribution in [0.3, 0.4) is 0 Å². The van der Waals surface area contributed by atoms with Gasteiger partial charge in [-0.2, -0.15) is 0 Å². The number of primary amides is 1. The molecule has 1 amide bonds. The fourth-order valence-electron chi connectivity index (χ4n) is 1.29. The zero-order valence-electron chi connectivity index (χ0n) is 6.15. The van der Waals surface area contributed by atoms with E-state index < -0.39 is 10.8 Å².